The largest absolute Gasteiger partial charge is 0.411 e. The fourth-order valence-electron chi connectivity index (χ4n) is 1.34. The lowest BCUT2D eigenvalue weighted by Gasteiger charge is -2.00. The molecule has 1 N–H and O–H groups in total. The van der Waals surface area contributed by atoms with Crippen LogP contribution in [0.5, 0.6) is 0 Å². The maximum atomic E-state index is 8.78. The van der Waals surface area contributed by atoms with Gasteiger partial charge in [0, 0.05) is 5.92 Å². The Labute approximate surface area is 85.3 Å². The van der Waals surface area contributed by atoms with E-state index in [1.54, 1.807) is 0 Å². The predicted molar refractivity (Wildman–Crippen MR) is 58.8 cm³/mol. The van der Waals surface area contributed by atoms with Gasteiger partial charge in [0.2, 0.25) is 0 Å². The number of rotatable bonds is 2. The van der Waals surface area contributed by atoms with Crippen LogP contribution >= 0.6 is 0 Å². The lowest BCUT2D eigenvalue weighted by Crippen LogP contribution is -2.02. The van der Waals surface area contributed by atoms with Crippen LogP contribution in [0.1, 0.15) is 32.3 Å². The zero-order valence-electron chi connectivity index (χ0n) is 8.77. The summed E-state index contributed by atoms with van der Waals surface area (Å²) in [5.41, 5.74) is 1.89. The molecule has 0 bridgehead atoms. The van der Waals surface area contributed by atoms with E-state index in [-0.39, 0.29) is 0 Å². The molecule has 1 aliphatic carbocycles. The summed E-state index contributed by atoms with van der Waals surface area (Å²) in [6, 6.07) is 9.85. The van der Waals surface area contributed by atoms with E-state index in [9.17, 15) is 0 Å². The summed E-state index contributed by atoms with van der Waals surface area (Å²) in [4.78, 5) is 0. The molecule has 0 aromatic heterocycles. The minimum Gasteiger partial charge on any atom is -0.411 e. The SMILES string of the molecule is CC.O/N=C(/c1ccccc1)C1CC1. The van der Waals surface area contributed by atoms with E-state index < -0.39 is 0 Å². The van der Waals surface area contributed by atoms with Crippen LogP contribution in [0.4, 0.5) is 0 Å². The van der Waals surface area contributed by atoms with Gasteiger partial charge in [0.15, 0.2) is 0 Å². The van der Waals surface area contributed by atoms with E-state index in [1.165, 1.54) is 0 Å². The second kappa shape index (κ2) is 5.43. The average Bonchev–Trinajstić information content (AvgIpc) is 3.08. The van der Waals surface area contributed by atoms with Gasteiger partial charge in [-0.2, -0.15) is 0 Å². The molecule has 0 saturated heterocycles. The van der Waals surface area contributed by atoms with Gasteiger partial charge in [-0.05, 0) is 18.4 Å². The maximum Gasteiger partial charge on any atom is 0.0898 e. The van der Waals surface area contributed by atoms with Crippen LogP contribution in [0, 0.1) is 5.92 Å². The number of oxime groups is 1. The zero-order valence-corrected chi connectivity index (χ0v) is 8.77. The first-order valence-corrected chi connectivity index (χ1v) is 5.19. The van der Waals surface area contributed by atoms with Crippen LogP contribution in [0.15, 0.2) is 35.5 Å². The van der Waals surface area contributed by atoms with Crippen molar-refractivity contribution in [3.63, 3.8) is 0 Å². The Balaban J connectivity index is 0.000000461. The Morgan fingerprint density at radius 1 is 1.21 bits per heavy atom. The molecule has 0 aliphatic heterocycles. The van der Waals surface area contributed by atoms with Crippen LogP contribution in [0.25, 0.3) is 0 Å². The van der Waals surface area contributed by atoms with Crippen molar-refractivity contribution < 1.29 is 5.21 Å². The third-order valence-electron chi connectivity index (χ3n) is 2.14. The van der Waals surface area contributed by atoms with E-state index in [4.69, 9.17) is 5.21 Å². The first-order chi connectivity index (χ1) is 6.92. The maximum absolute atomic E-state index is 8.78. The number of hydrogen-bond acceptors (Lipinski definition) is 2. The van der Waals surface area contributed by atoms with Crippen LogP contribution in [-0.4, -0.2) is 10.9 Å². The van der Waals surface area contributed by atoms with Gasteiger partial charge in [0.05, 0.1) is 5.71 Å². The second-order valence-electron chi connectivity index (χ2n) is 3.13. The molecule has 0 unspecified atom stereocenters. The highest BCUT2D eigenvalue weighted by molar-refractivity contribution is 6.03. The molecule has 2 rings (SSSR count). The summed E-state index contributed by atoms with van der Waals surface area (Å²) >= 11 is 0. The highest BCUT2D eigenvalue weighted by Crippen LogP contribution is 2.33. The molecular weight excluding hydrogens is 174 g/mol. The molecule has 2 nitrogen and oxygen atoms in total. The molecule has 14 heavy (non-hydrogen) atoms. The minimum absolute atomic E-state index is 0.498. The topological polar surface area (TPSA) is 32.6 Å². The van der Waals surface area contributed by atoms with Gasteiger partial charge < -0.3 is 5.21 Å². The molecule has 0 amide bonds. The third kappa shape index (κ3) is 2.59. The van der Waals surface area contributed by atoms with E-state index in [0.29, 0.717) is 5.92 Å². The number of nitrogens with zero attached hydrogens (tertiary/aromatic N) is 1. The standard InChI is InChI=1S/C10H11NO.C2H6/c12-11-10(9-6-7-9)8-4-2-1-3-5-8;1-2/h1-5,9,12H,6-7H2;1-2H3/b11-10-;. The van der Waals surface area contributed by atoms with Crippen molar-refractivity contribution in [3.05, 3.63) is 35.9 Å². The Bertz CT molecular complexity index is 288. The molecule has 1 aliphatic rings. The Hall–Kier alpha value is -1.31. The van der Waals surface area contributed by atoms with Gasteiger partial charge >= 0.3 is 0 Å². The summed E-state index contributed by atoms with van der Waals surface area (Å²) in [6.07, 6.45) is 2.32. The van der Waals surface area contributed by atoms with Crippen molar-refractivity contribution in [1.82, 2.24) is 0 Å². The summed E-state index contributed by atoms with van der Waals surface area (Å²) < 4.78 is 0. The van der Waals surface area contributed by atoms with Gasteiger partial charge in [-0.25, -0.2) is 0 Å². The highest BCUT2D eigenvalue weighted by Gasteiger charge is 2.28. The molecule has 0 atom stereocenters. The highest BCUT2D eigenvalue weighted by atomic mass is 16.4. The smallest absolute Gasteiger partial charge is 0.0898 e. The Kier molecular flexibility index (Phi) is 4.17. The van der Waals surface area contributed by atoms with Gasteiger partial charge in [-0.3, -0.25) is 0 Å². The molecule has 0 heterocycles. The molecule has 2 heteroatoms. The summed E-state index contributed by atoms with van der Waals surface area (Å²) in [5, 5.41) is 12.1. The van der Waals surface area contributed by atoms with E-state index in [2.05, 4.69) is 5.16 Å². The van der Waals surface area contributed by atoms with Crippen molar-refractivity contribution in [2.45, 2.75) is 26.7 Å². The van der Waals surface area contributed by atoms with Gasteiger partial charge in [0.25, 0.3) is 0 Å². The molecule has 0 spiro atoms. The Morgan fingerprint density at radius 3 is 2.21 bits per heavy atom. The Morgan fingerprint density at radius 2 is 1.79 bits per heavy atom. The lowest BCUT2D eigenvalue weighted by atomic mass is 10.1. The predicted octanol–water partition coefficient (Wildman–Crippen LogP) is 3.30. The van der Waals surface area contributed by atoms with Crippen LogP contribution in [0.2, 0.25) is 0 Å². The molecule has 1 aromatic carbocycles. The monoisotopic (exact) mass is 191 g/mol. The summed E-state index contributed by atoms with van der Waals surface area (Å²) in [6.45, 7) is 4.00. The minimum atomic E-state index is 0.498. The average molecular weight is 191 g/mol. The molecule has 76 valence electrons. The van der Waals surface area contributed by atoms with E-state index in [1.807, 2.05) is 44.2 Å². The fraction of sp³-hybridized carbons (Fsp3) is 0.417. The molecule has 1 saturated carbocycles. The van der Waals surface area contributed by atoms with Crippen molar-refractivity contribution in [2.75, 3.05) is 0 Å². The molecule has 1 fully saturated rings. The lowest BCUT2D eigenvalue weighted by molar-refractivity contribution is 0.317. The second-order valence-corrected chi connectivity index (χ2v) is 3.13. The first kappa shape index (κ1) is 10.8. The van der Waals surface area contributed by atoms with E-state index >= 15 is 0 Å². The van der Waals surface area contributed by atoms with Gasteiger partial charge in [-0.1, -0.05) is 49.3 Å². The van der Waals surface area contributed by atoms with Crippen molar-refractivity contribution in [2.24, 2.45) is 11.1 Å². The van der Waals surface area contributed by atoms with Crippen LogP contribution in [0.3, 0.4) is 0 Å². The van der Waals surface area contributed by atoms with Gasteiger partial charge in [-0.15, -0.1) is 0 Å². The van der Waals surface area contributed by atoms with Gasteiger partial charge in [0.1, 0.15) is 0 Å². The number of hydrogen-bond donors (Lipinski definition) is 1. The first-order valence-electron chi connectivity index (χ1n) is 5.19. The molecule has 0 radical (unpaired) electrons. The van der Waals surface area contributed by atoms with Crippen molar-refractivity contribution in [3.8, 4) is 0 Å². The van der Waals surface area contributed by atoms with Crippen molar-refractivity contribution in [1.29, 1.82) is 0 Å². The normalized spacial score (nSPS) is 15.7. The zero-order chi connectivity index (χ0) is 10.4. The fourth-order valence-corrected chi connectivity index (χ4v) is 1.34. The number of benzene rings is 1. The van der Waals surface area contributed by atoms with Crippen LogP contribution < -0.4 is 0 Å². The quantitative estimate of drug-likeness (QED) is 0.434. The van der Waals surface area contributed by atoms with Crippen LogP contribution in [-0.2, 0) is 0 Å². The summed E-state index contributed by atoms with van der Waals surface area (Å²) in [5.74, 6) is 0.498. The molecular formula is C12H17NO. The molecule has 1 aromatic rings. The van der Waals surface area contributed by atoms with E-state index in [0.717, 1.165) is 24.1 Å². The third-order valence-corrected chi connectivity index (χ3v) is 2.14. The summed E-state index contributed by atoms with van der Waals surface area (Å²) in [7, 11) is 0. The van der Waals surface area contributed by atoms with Crippen molar-refractivity contribution >= 4 is 5.71 Å².